The molecule has 1 unspecified atom stereocenters. The number of likely N-dealkylation sites (N-methyl/N-ethyl adjacent to an activating group) is 1. The summed E-state index contributed by atoms with van der Waals surface area (Å²) < 4.78 is 10.6. The smallest absolute Gasteiger partial charge is 0.246 e. The van der Waals surface area contributed by atoms with Gasteiger partial charge in [0.05, 0.1) is 11.1 Å². The topological polar surface area (TPSA) is 38.8 Å². The Morgan fingerprint density at radius 1 is 1.25 bits per heavy atom. The van der Waals surface area contributed by atoms with Gasteiger partial charge in [-0.3, -0.25) is 4.79 Å². The van der Waals surface area contributed by atoms with Gasteiger partial charge in [0.1, 0.15) is 0 Å². The van der Waals surface area contributed by atoms with Gasteiger partial charge in [-0.05, 0) is 36.3 Å². The number of nitrogens with zero attached hydrogens (tertiary/aromatic N) is 1. The molecule has 1 heterocycles. The van der Waals surface area contributed by atoms with Crippen LogP contribution in [0.15, 0.2) is 48.5 Å². The second-order valence-corrected chi connectivity index (χ2v) is 6.01. The first-order valence-corrected chi connectivity index (χ1v) is 8.03. The molecular weight excluding hydrogens is 326 g/mol. The van der Waals surface area contributed by atoms with Crippen molar-refractivity contribution in [2.24, 2.45) is 0 Å². The standard InChI is InChI=1S/C19H18ClNO3/c1-13(15-6-4-3-5-7-15)21(2)18(22)9-8-14-10-16(20)19-17(11-14)23-12-24-19/h3-11,13H,12H2,1-2H3/b9-8+. The SMILES string of the molecule is CC(c1ccccc1)N(C)C(=O)/C=C/c1cc(Cl)c2c(c1)OCO2. The maximum Gasteiger partial charge on any atom is 0.246 e. The predicted octanol–water partition coefficient (Wildman–Crippen LogP) is 4.30. The summed E-state index contributed by atoms with van der Waals surface area (Å²) in [6.07, 6.45) is 3.26. The molecule has 0 fully saturated rings. The van der Waals surface area contributed by atoms with Gasteiger partial charge in [0.25, 0.3) is 0 Å². The van der Waals surface area contributed by atoms with Gasteiger partial charge in [-0.25, -0.2) is 0 Å². The molecule has 0 N–H and O–H groups in total. The Hall–Kier alpha value is -2.46. The first-order valence-electron chi connectivity index (χ1n) is 7.65. The number of amides is 1. The predicted molar refractivity (Wildman–Crippen MR) is 94.2 cm³/mol. The second-order valence-electron chi connectivity index (χ2n) is 5.61. The number of ether oxygens (including phenoxy) is 2. The van der Waals surface area contributed by atoms with Crippen LogP contribution in [0.25, 0.3) is 6.08 Å². The molecule has 2 aromatic rings. The van der Waals surface area contributed by atoms with Crippen LogP contribution in [0.1, 0.15) is 24.1 Å². The lowest BCUT2D eigenvalue weighted by atomic mass is 10.1. The summed E-state index contributed by atoms with van der Waals surface area (Å²) in [4.78, 5) is 14.1. The van der Waals surface area contributed by atoms with Crippen LogP contribution < -0.4 is 9.47 Å². The number of fused-ring (bicyclic) bond motifs is 1. The minimum absolute atomic E-state index is 0.0105. The molecule has 2 aromatic carbocycles. The lowest BCUT2D eigenvalue weighted by molar-refractivity contribution is -0.126. The number of hydrogen-bond donors (Lipinski definition) is 0. The highest BCUT2D eigenvalue weighted by Crippen LogP contribution is 2.40. The van der Waals surface area contributed by atoms with E-state index in [0.717, 1.165) is 11.1 Å². The van der Waals surface area contributed by atoms with Gasteiger partial charge in [-0.2, -0.15) is 0 Å². The summed E-state index contributed by atoms with van der Waals surface area (Å²) in [6.45, 7) is 2.16. The number of carbonyl (C=O) groups is 1. The average Bonchev–Trinajstić information content (AvgIpc) is 3.08. The third-order valence-corrected chi connectivity index (χ3v) is 4.36. The van der Waals surface area contributed by atoms with Crippen molar-refractivity contribution in [3.8, 4) is 11.5 Å². The monoisotopic (exact) mass is 343 g/mol. The Labute approximate surface area is 146 Å². The molecule has 1 aliphatic rings. The van der Waals surface area contributed by atoms with Gasteiger partial charge >= 0.3 is 0 Å². The zero-order valence-electron chi connectivity index (χ0n) is 13.5. The van der Waals surface area contributed by atoms with E-state index < -0.39 is 0 Å². The maximum atomic E-state index is 12.4. The van der Waals surface area contributed by atoms with Gasteiger partial charge in [-0.15, -0.1) is 0 Å². The fraction of sp³-hybridized carbons (Fsp3) is 0.211. The molecule has 124 valence electrons. The van der Waals surface area contributed by atoms with Crippen molar-refractivity contribution in [1.82, 2.24) is 4.90 Å². The van der Waals surface area contributed by atoms with Crippen LogP contribution in [0, 0.1) is 0 Å². The minimum Gasteiger partial charge on any atom is -0.454 e. The van der Waals surface area contributed by atoms with Gasteiger partial charge in [0.15, 0.2) is 11.5 Å². The third kappa shape index (κ3) is 3.39. The summed E-state index contributed by atoms with van der Waals surface area (Å²) in [5.41, 5.74) is 1.88. The van der Waals surface area contributed by atoms with Crippen LogP contribution >= 0.6 is 11.6 Å². The molecule has 5 heteroatoms. The van der Waals surface area contributed by atoms with Gasteiger partial charge in [-0.1, -0.05) is 41.9 Å². The summed E-state index contributed by atoms with van der Waals surface area (Å²) in [7, 11) is 1.79. The molecule has 0 aliphatic carbocycles. The van der Waals surface area contributed by atoms with Crippen molar-refractivity contribution in [2.75, 3.05) is 13.8 Å². The number of benzene rings is 2. The summed E-state index contributed by atoms with van der Waals surface area (Å²) in [5, 5.41) is 0.475. The molecule has 0 bridgehead atoms. The Bertz CT molecular complexity index is 774. The molecule has 3 rings (SSSR count). The van der Waals surface area contributed by atoms with Gasteiger partial charge < -0.3 is 14.4 Å². The number of carbonyl (C=O) groups excluding carboxylic acids is 1. The Kier molecular flexibility index (Phi) is 4.76. The zero-order valence-corrected chi connectivity index (χ0v) is 14.3. The van der Waals surface area contributed by atoms with Crippen molar-refractivity contribution in [1.29, 1.82) is 0 Å². The highest BCUT2D eigenvalue weighted by molar-refractivity contribution is 6.32. The largest absolute Gasteiger partial charge is 0.454 e. The van der Waals surface area contributed by atoms with Crippen LogP contribution in [-0.4, -0.2) is 24.6 Å². The second kappa shape index (κ2) is 6.97. The molecule has 0 radical (unpaired) electrons. The van der Waals surface area contributed by atoms with Crippen LogP contribution in [0.2, 0.25) is 5.02 Å². The highest BCUT2D eigenvalue weighted by Gasteiger charge is 2.18. The highest BCUT2D eigenvalue weighted by atomic mass is 35.5. The van der Waals surface area contributed by atoms with E-state index in [2.05, 4.69) is 0 Å². The first kappa shape index (κ1) is 16.4. The molecular formula is C19H18ClNO3. The Morgan fingerprint density at radius 3 is 2.75 bits per heavy atom. The van der Waals surface area contributed by atoms with E-state index in [1.165, 1.54) is 6.08 Å². The maximum absolute atomic E-state index is 12.4. The van der Waals surface area contributed by atoms with Crippen molar-refractivity contribution in [3.63, 3.8) is 0 Å². The van der Waals surface area contributed by atoms with E-state index in [1.807, 2.05) is 37.3 Å². The molecule has 1 aliphatic heterocycles. The van der Waals surface area contributed by atoms with Crippen molar-refractivity contribution >= 4 is 23.6 Å². The van der Waals surface area contributed by atoms with E-state index in [-0.39, 0.29) is 18.7 Å². The zero-order chi connectivity index (χ0) is 17.1. The molecule has 1 amide bonds. The van der Waals surface area contributed by atoms with E-state index in [1.54, 1.807) is 30.2 Å². The molecule has 0 aromatic heterocycles. The summed E-state index contributed by atoms with van der Waals surface area (Å²) in [6, 6.07) is 13.5. The lowest BCUT2D eigenvalue weighted by Gasteiger charge is -2.24. The minimum atomic E-state index is -0.0832. The van der Waals surface area contributed by atoms with Crippen LogP contribution in [0.4, 0.5) is 0 Å². The fourth-order valence-corrected chi connectivity index (χ4v) is 2.79. The van der Waals surface area contributed by atoms with Crippen molar-refractivity contribution < 1.29 is 14.3 Å². The molecule has 0 spiro atoms. The van der Waals surface area contributed by atoms with Crippen molar-refractivity contribution in [2.45, 2.75) is 13.0 Å². The van der Waals surface area contributed by atoms with Crippen molar-refractivity contribution in [3.05, 3.63) is 64.7 Å². The normalized spacial score (nSPS) is 14.0. The fourth-order valence-electron chi connectivity index (χ4n) is 2.51. The molecule has 1 atom stereocenters. The van der Waals surface area contributed by atoms with Gasteiger partial charge in [0, 0.05) is 13.1 Å². The average molecular weight is 344 g/mol. The summed E-state index contributed by atoms with van der Waals surface area (Å²) >= 11 is 6.15. The lowest BCUT2D eigenvalue weighted by Crippen LogP contribution is -2.27. The first-order chi connectivity index (χ1) is 11.6. The summed E-state index contributed by atoms with van der Waals surface area (Å²) in [5.74, 6) is 1.07. The van der Waals surface area contributed by atoms with Crippen LogP contribution in [0.3, 0.4) is 0 Å². The third-order valence-electron chi connectivity index (χ3n) is 4.08. The van der Waals surface area contributed by atoms with E-state index in [4.69, 9.17) is 21.1 Å². The van der Waals surface area contributed by atoms with E-state index in [9.17, 15) is 4.79 Å². The molecule has 0 saturated carbocycles. The quantitative estimate of drug-likeness (QED) is 0.777. The Balaban J connectivity index is 1.72. The molecule has 0 saturated heterocycles. The number of halogens is 1. The van der Waals surface area contributed by atoms with Crippen LogP contribution in [-0.2, 0) is 4.79 Å². The molecule has 4 nitrogen and oxygen atoms in total. The van der Waals surface area contributed by atoms with Gasteiger partial charge in [0.2, 0.25) is 12.7 Å². The number of rotatable bonds is 4. The Morgan fingerprint density at radius 2 is 2.00 bits per heavy atom. The van der Waals surface area contributed by atoms with E-state index >= 15 is 0 Å². The number of hydrogen-bond acceptors (Lipinski definition) is 3. The van der Waals surface area contributed by atoms with Crippen LogP contribution in [0.5, 0.6) is 11.5 Å². The van der Waals surface area contributed by atoms with E-state index in [0.29, 0.717) is 16.5 Å². The molecule has 24 heavy (non-hydrogen) atoms.